The zero-order valence-corrected chi connectivity index (χ0v) is 8.75. The van der Waals surface area contributed by atoms with E-state index in [1.54, 1.807) is 6.92 Å². The van der Waals surface area contributed by atoms with Crippen molar-refractivity contribution in [1.29, 1.82) is 0 Å². The molecule has 2 atom stereocenters. The number of carboxylic acids is 1. The third-order valence-corrected chi connectivity index (χ3v) is 3.89. The van der Waals surface area contributed by atoms with Crippen LogP contribution in [0.1, 0.15) is 45.4 Å². The van der Waals surface area contributed by atoms with Crippen LogP contribution in [0.2, 0.25) is 0 Å². The molecule has 0 amide bonds. The van der Waals surface area contributed by atoms with Gasteiger partial charge >= 0.3 is 5.97 Å². The predicted molar refractivity (Wildman–Crippen MR) is 55.0 cm³/mol. The van der Waals surface area contributed by atoms with E-state index in [2.05, 4.69) is 0 Å². The van der Waals surface area contributed by atoms with Gasteiger partial charge in [0.05, 0.1) is 0 Å². The molecule has 2 rings (SSSR count). The van der Waals surface area contributed by atoms with E-state index in [1.807, 2.05) is 6.08 Å². The Kier molecular flexibility index (Phi) is 2.38. The fraction of sp³-hybridized carbons (Fsp3) is 0.750. The van der Waals surface area contributed by atoms with E-state index in [9.17, 15) is 4.79 Å². The number of fused-ring (bicyclic) bond motifs is 2. The molecule has 2 heteroatoms. The van der Waals surface area contributed by atoms with E-state index in [0.717, 1.165) is 5.92 Å². The highest BCUT2D eigenvalue weighted by atomic mass is 16.4. The van der Waals surface area contributed by atoms with Crippen molar-refractivity contribution >= 4 is 5.97 Å². The van der Waals surface area contributed by atoms with Gasteiger partial charge in [0.25, 0.3) is 0 Å². The van der Waals surface area contributed by atoms with Gasteiger partial charge in [-0.15, -0.1) is 0 Å². The van der Waals surface area contributed by atoms with Gasteiger partial charge in [-0.2, -0.15) is 0 Å². The second kappa shape index (κ2) is 3.41. The molecule has 2 aliphatic carbocycles. The molecule has 2 nitrogen and oxygen atoms in total. The van der Waals surface area contributed by atoms with E-state index in [4.69, 9.17) is 5.11 Å². The largest absolute Gasteiger partial charge is 0.478 e. The highest BCUT2D eigenvalue weighted by molar-refractivity contribution is 5.85. The molecule has 1 N–H and O–H groups in total. The molecule has 0 heterocycles. The zero-order chi connectivity index (χ0) is 10.2. The molecule has 0 radical (unpaired) electrons. The molecule has 2 fully saturated rings. The van der Waals surface area contributed by atoms with E-state index in [0.29, 0.717) is 5.57 Å². The fourth-order valence-corrected chi connectivity index (χ4v) is 3.21. The maximum atomic E-state index is 10.8. The molecule has 2 bridgehead atoms. The average molecular weight is 194 g/mol. The van der Waals surface area contributed by atoms with Gasteiger partial charge in [0, 0.05) is 5.57 Å². The summed E-state index contributed by atoms with van der Waals surface area (Å²) in [6, 6.07) is 0. The molecule has 0 spiro atoms. The molecule has 2 unspecified atom stereocenters. The lowest BCUT2D eigenvalue weighted by atomic mass is 9.75. The van der Waals surface area contributed by atoms with Crippen LogP contribution in [0.4, 0.5) is 0 Å². The summed E-state index contributed by atoms with van der Waals surface area (Å²) in [6.07, 6.45) is 9.64. The Bertz CT molecular complexity index is 276. The highest BCUT2D eigenvalue weighted by Crippen LogP contribution is 2.52. The van der Waals surface area contributed by atoms with Crippen LogP contribution in [-0.2, 0) is 4.79 Å². The van der Waals surface area contributed by atoms with Crippen LogP contribution in [0.3, 0.4) is 0 Å². The minimum atomic E-state index is -0.756. The van der Waals surface area contributed by atoms with Crippen LogP contribution in [0, 0.1) is 11.3 Å². The Balaban J connectivity index is 2.16. The molecule has 78 valence electrons. The van der Waals surface area contributed by atoms with Gasteiger partial charge in [-0.05, 0) is 43.9 Å². The molecule has 0 aliphatic heterocycles. The summed E-state index contributed by atoms with van der Waals surface area (Å²) in [6.45, 7) is 1.72. The van der Waals surface area contributed by atoms with Crippen LogP contribution in [0.15, 0.2) is 11.6 Å². The van der Waals surface area contributed by atoms with Gasteiger partial charge in [-0.25, -0.2) is 4.79 Å². The van der Waals surface area contributed by atoms with Crippen LogP contribution in [0.25, 0.3) is 0 Å². The van der Waals surface area contributed by atoms with Gasteiger partial charge in [-0.3, -0.25) is 0 Å². The first-order valence-electron chi connectivity index (χ1n) is 5.54. The fourth-order valence-electron chi connectivity index (χ4n) is 3.21. The van der Waals surface area contributed by atoms with Crippen molar-refractivity contribution in [2.45, 2.75) is 45.4 Å². The van der Waals surface area contributed by atoms with E-state index < -0.39 is 5.97 Å². The molecular formula is C12H18O2. The Morgan fingerprint density at radius 1 is 1.43 bits per heavy atom. The molecule has 0 aromatic rings. The first-order chi connectivity index (χ1) is 6.61. The maximum Gasteiger partial charge on any atom is 0.330 e. The molecule has 2 aliphatic rings. The summed E-state index contributed by atoms with van der Waals surface area (Å²) in [5.74, 6) is 0.120. The monoisotopic (exact) mass is 194 g/mol. The number of hydrogen-bond donors (Lipinski definition) is 1. The van der Waals surface area contributed by atoms with Crippen molar-refractivity contribution in [3.63, 3.8) is 0 Å². The van der Waals surface area contributed by atoms with Gasteiger partial charge in [0.2, 0.25) is 0 Å². The number of allylic oxidation sites excluding steroid dienone is 1. The zero-order valence-electron chi connectivity index (χ0n) is 8.75. The predicted octanol–water partition coefficient (Wildman–Crippen LogP) is 2.99. The molecule has 0 aromatic heterocycles. The van der Waals surface area contributed by atoms with Gasteiger partial charge in [-0.1, -0.05) is 18.9 Å². The second-order valence-corrected chi connectivity index (χ2v) is 5.00. The molecule has 14 heavy (non-hydrogen) atoms. The summed E-state index contributed by atoms with van der Waals surface area (Å²) in [4.78, 5) is 10.8. The first kappa shape index (κ1) is 9.75. The van der Waals surface area contributed by atoms with Crippen molar-refractivity contribution in [3.8, 4) is 0 Å². The average Bonchev–Trinajstić information content (AvgIpc) is 2.42. The number of carboxylic acid groups (broad SMARTS) is 1. The summed E-state index contributed by atoms with van der Waals surface area (Å²) < 4.78 is 0. The lowest BCUT2D eigenvalue weighted by molar-refractivity contribution is -0.132. The second-order valence-electron chi connectivity index (χ2n) is 5.00. The Hall–Kier alpha value is -0.790. The van der Waals surface area contributed by atoms with Gasteiger partial charge in [0.1, 0.15) is 0 Å². The lowest BCUT2D eigenvalue weighted by Crippen LogP contribution is -2.19. The van der Waals surface area contributed by atoms with Crippen molar-refractivity contribution < 1.29 is 9.90 Å². The van der Waals surface area contributed by atoms with Gasteiger partial charge < -0.3 is 5.11 Å². The third-order valence-electron chi connectivity index (χ3n) is 3.89. The number of carbonyl (C=O) groups is 1. The van der Waals surface area contributed by atoms with Crippen molar-refractivity contribution in [1.82, 2.24) is 0 Å². The standard InChI is InChI=1S/C12H18O2/c1-9(11(13)14)7-12-5-2-3-10(8-12)4-6-12/h7,10H,2-6,8H2,1H3,(H,13,14). The van der Waals surface area contributed by atoms with Crippen molar-refractivity contribution in [2.75, 3.05) is 0 Å². The summed E-state index contributed by atoms with van der Waals surface area (Å²) in [5.41, 5.74) is 0.790. The van der Waals surface area contributed by atoms with E-state index in [-0.39, 0.29) is 5.41 Å². The third kappa shape index (κ3) is 1.70. The Morgan fingerprint density at radius 2 is 2.21 bits per heavy atom. The van der Waals surface area contributed by atoms with Crippen LogP contribution < -0.4 is 0 Å². The normalized spacial score (nSPS) is 37.2. The molecule has 0 saturated heterocycles. The number of hydrogen-bond acceptors (Lipinski definition) is 1. The Labute approximate surface area is 85.0 Å². The number of rotatable bonds is 2. The van der Waals surface area contributed by atoms with Crippen LogP contribution in [-0.4, -0.2) is 11.1 Å². The first-order valence-corrected chi connectivity index (χ1v) is 5.54. The molecular weight excluding hydrogens is 176 g/mol. The van der Waals surface area contributed by atoms with E-state index in [1.165, 1.54) is 38.5 Å². The van der Waals surface area contributed by atoms with E-state index >= 15 is 0 Å². The summed E-state index contributed by atoms with van der Waals surface area (Å²) >= 11 is 0. The topological polar surface area (TPSA) is 37.3 Å². The molecule has 2 saturated carbocycles. The SMILES string of the molecule is CC(=CC12CCCC(CC1)C2)C(=O)O. The smallest absolute Gasteiger partial charge is 0.330 e. The minimum Gasteiger partial charge on any atom is -0.478 e. The number of aliphatic carboxylic acids is 1. The molecule has 0 aromatic carbocycles. The quantitative estimate of drug-likeness (QED) is 0.686. The summed E-state index contributed by atoms with van der Waals surface area (Å²) in [5, 5.41) is 8.87. The van der Waals surface area contributed by atoms with Gasteiger partial charge in [0.15, 0.2) is 0 Å². The minimum absolute atomic E-state index is 0.255. The lowest BCUT2D eigenvalue weighted by Gasteiger charge is -2.30. The van der Waals surface area contributed by atoms with Crippen LogP contribution >= 0.6 is 0 Å². The Morgan fingerprint density at radius 3 is 2.93 bits per heavy atom. The maximum absolute atomic E-state index is 10.8. The van der Waals surface area contributed by atoms with Crippen molar-refractivity contribution in [3.05, 3.63) is 11.6 Å². The van der Waals surface area contributed by atoms with Crippen LogP contribution in [0.5, 0.6) is 0 Å². The summed E-state index contributed by atoms with van der Waals surface area (Å²) in [7, 11) is 0. The van der Waals surface area contributed by atoms with Crippen molar-refractivity contribution in [2.24, 2.45) is 11.3 Å². The highest BCUT2D eigenvalue weighted by Gasteiger charge is 2.40.